The Labute approximate surface area is 218 Å². The zero-order valence-electron chi connectivity index (χ0n) is 18.5. The molecule has 4 heterocycles. The number of pyridine rings is 1. The molecule has 5 atom stereocenters. The van der Waals surface area contributed by atoms with E-state index in [0.29, 0.717) is 32.3 Å². The molecule has 0 spiro atoms. The number of methoxy groups -OCH3 is 1. The van der Waals surface area contributed by atoms with Crippen molar-refractivity contribution in [2.24, 2.45) is 0 Å². The van der Waals surface area contributed by atoms with E-state index in [1.165, 1.54) is 29.3 Å². The van der Waals surface area contributed by atoms with Crippen molar-refractivity contribution in [3.05, 3.63) is 39.7 Å². The van der Waals surface area contributed by atoms with Gasteiger partial charge in [-0.3, -0.25) is 4.79 Å². The van der Waals surface area contributed by atoms with Crippen molar-refractivity contribution in [1.82, 2.24) is 30.3 Å². The summed E-state index contributed by atoms with van der Waals surface area (Å²) in [6, 6.07) is 0.827. The summed E-state index contributed by atoms with van der Waals surface area (Å²) in [6.07, 6.45) is 0.129. The maximum absolute atomic E-state index is 12.5. The van der Waals surface area contributed by atoms with Gasteiger partial charge in [0.05, 0.1) is 17.8 Å². The van der Waals surface area contributed by atoms with Gasteiger partial charge in [-0.15, -0.1) is 16.4 Å². The second kappa shape index (κ2) is 11.5. The van der Waals surface area contributed by atoms with Gasteiger partial charge in [0.25, 0.3) is 5.91 Å². The molecule has 15 heteroatoms. The fourth-order valence-corrected chi connectivity index (χ4v) is 6.08. The molecule has 0 radical (unpaired) electrons. The summed E-state index contributed by atoms with van der Waals surface area (Å²) in [6.45, 7) is 1.77. The lowest BCUT2D eigenvalue weighted by Crippen LogP contribution is -2.55. The molecule has 1 saturated heterocycles. The Bertz CT molecular complexity index is 1180. The van der Waals surface area contributed by atoms with E-state index in [9.17, 15) is 15.0 Å². The molecule has 1 fully saturated rings. The highest BCUT2D eigenvalue weighted by molar-refractivity contribution is 8.00. The molecule has 0 aliphatic carbocycles. The van der Waals surface area contributed by atoms with Crippen molar-refractivity contribution in [2.75, 3.05) is 20.3 Å². The summed E-state index contributed by atoms with van der Waals surface area (Å²) in [5.74, 6) is -0.366. The summed E-state index contributed by atoms with van der Waals surface area (Å²) in [7, 11) is 1.47. The Kier molecular flexibility index (Phi) is 8.60. The molecule has 35 heavy (non-hydrogen) atoms. The van der Waals surface area contributed by atoms with Crippen LogP contribution >= 0.6 is 46.3 Å². The van der Waals surface area contributed by atoms with E-state index >= 15 is 0 Å². The quantitative estimate of drug-likeness (QED) is 0.375. The Morgan fingerprint density at radius 2 is 2.23 bits per heavy atom. The maximum atomic E-state index is 12.5. The second-order valence-corrected chi connectivity index (χ2v) is 10.3. The minimum absolute atomic E-state index is 0.173. The molecule has 1 aliphatic heterocycles. The van der Waals surface area contributed by atoms with Crippen LogP contribution in [-0.2, 0) is 9.47 Å². The fraction of sp³-hybridized carbons (Fsp3) is 0.450. The first-order valence-electron chi connectivity index (χ1n) is 10.5. The number of aliphatic hydroxyl groups is 2. The van der Waals surface area contributed by atoms with Crippen LogP contribution in [0.3, 0.4) is 0 Å². The fourth-order valence-electron chi connectivity index (χ4n) is 3.65. The molecule has 5 unspecified atom stereocenters. The van der Waals surface area contributed by atoms with E-state index in [2.05, 4.69) is 25.6 Å². The van der Waals surface area contributed by atoms with Crippen LogP contribution in [-0.4, -0.2) is 85.1 Å². The highest BCUT2D eigenvalue weighted by Crippen LogP contribution is 2.41. The van der Waals surface area contributed by atoms with E-state index in [1.807, 2.05) is 0 Å². The molecule has 3 aromatic rings. The van der Waals surface area contributed by atoms with Crippen molar-refractivity contribution in [3.63, 3.8) is 0 Å². The number of halogens is 2. The molecule has 1 aliphatic rings. The van der Waals surface area contributed by atoms with Crippen LogP contribution in [0.15, 0.2) is 28.7 Å². The Balaban J connectivity index is 1.67. The first kappa shape index (κ1) is 26.2. The van der Waals surface area contributed by atoms with Crippen molar-refractivity contribution in [3.8, 4) is 10.7 Å². The lowest BCUT2D eigenvalue weighted by molar-refractivity contribution is -0.186. The van der Waals surface area contributed by atoms with Crippen LogP contribution in [0.4, 0.5) is 0 Å². The number of hydrogen-bond acceptors (Lipinski definition) is 11. The van der Waals surface area contributed by atoms with Gasteiger partial charge in [0, 0.05) is 30.1 Å². The van der Waals surface area contributed by atoms with Gasteiger partial charge in [-0.1, -0.05) is 40.2 Å². The van der Waals surface area contributed by atoms with Crippen LogP contribution in [0.5, 0.6) is 0 Å². The largest absolute Gasteiger partial charge is 0.394 e. The van der Waals surface area contributed by atoms with E-state index in [1.54, 1.807) is 24.6 Å². The third-order valence-electron chi connectivity index (χ3n) is 5.22. The van der Waals surface area contributed by atoms with Gasteiger partial charge in [0.1, 0.15) is 51.3 Å². The predicted octanol–water partition coefficient (Wildman–Crippen LogP) is 2.28. The third kappa shape index (κ3) is 5.62. The zero-order chi connectivity index (χ0) is 25.1. The first-order valence-corrected chi connectivity index (χ1v) is 13.0. The number of thioether (sulfide) groups is 1. The van der Waals surface area contributed by atoms with Crippen molar-refractivity contribution in [2.45, 2.75) is 41.6 Å². The van der Waals surface area contributed by atoms with E-state index in [0.717, 1.165) is 11.8 Å². The molecule has 3 aromatic heterocycles. The molecule has 11 nitrogen and oxygen atoms in total. The van der Waals surface area contributed by atoms with Gasteiger partial charge in [-0.25, -0.2) is 14.6 Å². The Morgan fingerprint density at radius 3 is 2.89 bits per heavy atom. The van der Waals surface area contributed by atoms with Crippen molar-refractivity contribution < 1.29 is 24.5 Å². The highest BCUT2D eigenvalue weighted by atomic mass is 35.5. The summed E-state index contributed by atoms with van der Waals surface area (Å²) in [5.41, 5.74) is -0.120. The number of carbonyl (C=O) groups is 1. The number of nitrogens with one attached hydrogen (secondary N) is 1. The summed E-state index contributed by atoms with van der Waals surface area (Å²) in [4.78, 5) is 21.4. The second-order valence-electron chi connectivity index (χ2n) is 7.44. The number of ether oxygens (including phenoxy) is 2. The highest BCUT2D eigenvalue weighted by Gasteiger charge is 2.48. The minimum atomic E-state index is -1.17. The summed E-state index contributed by atoms with van der Waals surface area (Å²) >= 11 is 14.5. The zero-order valence-corrected chi connectivity index (χ0v) is 21.7. The number of amides is 1. The standard InChI is InChI=1S/C20H22Cl2N6O5S2/c1-3-23-18(31)14-12(4-9(21)5-24-14)35-20-17(32-2)15(16(30)11(7-29)33-20)28-6-10(26-27-28)19-25-13(22)8-34-19/h4-6,8,11,15-17,20,29-30H,3,7H2,1-2H3,(H,23,31). The number of nitrogens with zero attached hydrogens (tertiary/aromatic N) is 5. The summed E-state index contributed by atoms with van der Waals surface area (Å²) in [5, 5.41) is 34.9. The third-order valence-corrected chi connectivity index (χ3v) is 7.79. The number of hydrogen-bond donors (Lipinski definition) is 3. The van der Waals surface area contributed by atoms with E-state index in [4.69, 9.17) is 32.7 Å². The lowest BCUT2D eigenvalue weighted by Gasteiger charge is -2.43. The average molecular weight is 561 g/mol. The maximum Gasteiger partial charge on any atom is 0.271 e. The molecule has 0 bridgehead atoms. The van der Waals surface area contributed by atoms with Gasteiger partial charge >= 0.3 is 0 Å². The predicted molar refractivity (Wildman–Crippen MR) is 131 cm³/mol. The van der Waals surface area contributed by atoms with Crippen LogP contribution in [0, 0.1) is 0 Å². The summed E-state index contributed by atoms with van der Waals surface area (Å²) < 4.78 is 13.2. The SMILES string of the molecule is CCNC(=O)c1ncc(Cl)cc1SC1OC(CO)C(O)C(n2cc(-c3nc(Cl)cs3)nn2)C1OC. The average Bonchev–Trinajstić information content (AvgIpc) is 3.49. The molecule has 0 saturated carbocycles. The van der Waals surface area contributed by atoms with Crippen molar-refractivity contribution >= 4 is 52.2 Å². The van der Waals surface area contributed by atoms with Crippen LogP contribution < -0.4 is 5.32 Å². The van der Waals surface area contributed by atoms with Gasteiger partial charge < -0.3 is 25.0 Å². The Hall–Kier alpha value is -1.84. The normalized spacial score (nSPS) is 24.5. The first-order chi connectivity index (χ1) is 16.9. The van der Waals surface area contributed by atoms with Crippen LogP contribution in [0.25, 0.3) is 10.7 Å². The minimum Gasteiger partial charge on any atom is -0.394 e. The monoisotopic (exact) mass is 560 g/mol. The number of carbonyl (C=O) groups excluding carboxylic acids is 1. The smallest absolute Gasteiger partial charge is 0.271 e. The number of aromatic nitrogens is 5. The number of rotatable bonds is 8. The molecule has 3 N–H and O–H groups in total. The Morgan fingerprint density at radius 1 is 1.43 bits per heavy atom. The van der Waals surface area contributed by atoms with E-state index < -0.39 is 36.4 Å². The van der Waals surface area contributed by atoms with Gasteiger partial charge in [-0.2, -0.15) is 0 Å². The lowest BCUT2D eigenvalue weighted by atomic mass is 9.97. The van der Waals surface area contributed by atoms with Crippen molar-refractivity contribution in [1.29, 1.82) is 0 Å². The van der Waals surface area contributed by atoms with E-state index in [-0.39, 0.29) is 11.6 Å². The molecule has 4 rings (SSSR count). The molecule has 188 valence electrons. The topological polar surface area (TPSA) is 145 Å². The molecular formula is C20H22Cl2N6O5S2. The number of aliphatic hydroxyl groups excluding tert-OH is 2. The number of thiazole rings is 1. The molecule has 1 amide bonds. The molecular weight excluding hydrogens is 539 g/mol. The van der Waals surface area contributed by atoms with Crippen LogP contribution in [0.2, 0.25) is 10.2 Å². The van der Waals surface area contributed by atoms with Gasteiger partial charge in [-0.05, 0) is 13.0 Å². The van der Waals surface area contributed by atoms with Gasteiger partial charge in [0.15, 0.2) is 0 Å². The van der Waals surface area contributed by atoms with Crippen LogP contribution in [0.1, 0.15) is 23.5 Å². The molecule has 0 aromatic carbocycles. The van der Waals surface area contributed by atoms with Gasteiger partial charge in [0.2, 0.25) is 0 Å².